The first-order valence-electron chi connectivity index (χ1n) is 10.3. The Kier molecular flexibility index (Phi) is 6.06. The predicted molar refractivity (Wildman–Crippen MR) is 126 cm³/mol. The molecule has 31 heavy (non-hydrogen) atoms. The standard InChI is InChI=1S/C25H24N6/c1-17-3-10-21(11-4-17)29-25-30-23-15-20(19-7-5-18(16-27)6-8-19)9-12-22(23)24(31-25)28-14-2-13-26/h3-12,15H,2,13-14,26H2,1H3,(H2,28,29,30,31). The molecule has 0 aliphatic carbocycles. The van der Waals surface area contributed by atoms with E-state index in [1.807, 2.05) is 66.7 Å². The van der Waals surface area contributed by atoms with E-state index in [1.54, 1.807) is 0 Å². The number of hydrogen-bond donors (Lipinski definition) is 3. The van der Waals surface area contributed by atoms with Crippen LogP contribution in [0.3, 0.4) is 0 Å². The van der Waals surface area contributed by atoms with Crippen LogP contribution in [0, 0.1) is 18.3 Å². The Morgan fingerprint density at radius 3 is 2.39 bits per heavy atom. The zero-order valence-electron chi connectivity index (χ0n) is 17.4. The summed E-state index contributed by atoms with van der Waals surface area (Å²) in [5, 5.41) is 16.7. The lowest BCUT2D eigenvalue weighted by atomic mass is 10.0. The molecule has 1 aromatic heterocycles. The van der Waals surface area contributed by atoms with Crippen LogP contribution in [0.4, 0.5) is 17.5 Å². The molecule has 6 heteroatoms. The fourth-order valence-electron chi connectivity index (χ4n) is 3.31. The van der Waals surface area contributed by atoms with Crippen molar-refractivity contribution in [3.63, 3.8) is 0 Å². The molecule has 1 heterocycles. The first kappa shape index (κ1) is 20.3. The highest BCUT2D eigenvalue weighted by Crippen LogP contribution is 2.29. The molecule has 0 radical (unpaired) electrons. The Labute approximate surface area is 181 Å². The summed E-state index contributed by atoms with van der Waals surface area (Å²) in [7, 11) is 0. The van der Waals surface area contributed by atoms with Crippen LogP contribution in [-0.2, 0) is 0 Å². The molecule has 154 valence electrons. The van der Waals surface area contributed by atoms with Crippen LogP contribution in [0.15, 0.2) is 66.7 Å². The summed E-state index contributed by atoms with van der Waals surface area (Å²) in [6.07, 6.45) is 0.857. The van der Waals surface area contributed by atoms with Gasteiger partial charge in [-0.15, -0.1) is 0 Å². The van der Waals surface area contributed by atoms with E-state index in [4.69, 9.17) is 21.0 Å². The van der Waals surface area contributed by atoms with Crippen molar-refractivity contribution in [1.82, 2.24) is 9.97 Å². The molecule has 0 saturated carbocycles. The Morgan fingerprint density at radius 1 is 0.935 bits per heavy atom. The van der Waals surface area contributed by atoms with E-state index in [-0.39, 0.29) is 0 Å². The van der Waals surface area contributed by atoms with E-state index in [1.165, 1.54) is 5.56 Å². The summed E-state index contributed by atoms with van der Waals surface area (Å²) in [6.45, 7) is 3.41. The highest BCUT2D eigenvalue weighted by molar-refractivity contribution is 5.93. The number of nitriles is 1. The van der Waals surface area contributed by atoms with Gasteiger partial charge in [0.2, 0.25) is 5.95 Å². The van der Waals surface area contributed by atoms with Gasteiger partial charge in [-0.25, -0.2) is 4.98 Å². The number of aryl methyl sites for hydroxylation is 1. The first-order valence-corrected chi connectivity index (χ1v) is 10.3. The molecule has 4 aromatic rings. The van der Waals surface area contributed by atoms with Crippen LogP contribution >= 0.6 is 0 Å². The van der Waals surface area contributed by atoms with Gasteiger partial charge in [0.15, 0.2) is 0 Å². The molecular formula is C25H24N6. The minimum absolute atomic E-state index is 0.531. The fraction of sp³-hybridized carbons (Fsp3) is 0.160. The molecule has 0 saturated heterocycles. The maximum atomic E-state index is 9.04. The number of nitrogens with one attached hydrogen (secondary N) is 2. The van der Waals surface area contributed by atoms with Crippen molar-refractivity contribution in [2.75, 3.05) is 23.7 Å². The van der Waals surface area contributed by atoms with Gasteiger partial charge >= 0.3 is 0 Å². The number of hydrogen-bond acceptors (Lipinski definition) is 6. The minimum Gasteiger partial charge on any atom is -0.369 e. The monoisotopic (exact) mass is 408 g/mol. The van der Waals surface area contributed by atoms with Gasteiger partial charge in [-0.3, -0.25) is 0 Å². The van der Waals surface area contributed by atoms with Crippen molar-refractivity contribution >= 4 is 28.4 Å². The average Bonchev–Trinajstić information content (AvgIpc) is 2.80. The van der Waals surface area contributed by atoms with Crippen molar-refractivity contribution in [1.29, 1.82) is 5.26 Å². The number of benzene rings is 3. The van der Waals surface area contributed by atoms with Crippen LogP contribution in [0.25, 0.3) is 22.0 Å². The third kappa shape index (κ3) is 4.80. The van der Waals surface area contributed by atoms with E-state index in [0.29, 0.717) is 18.1 Å². The quantitative estimate of drug-likeness (QED) is 0.373. The highest BCUT2D eigenvalue weighted by Gasteiger charge is 2.10. The highest BCUT2D eigenvalue weighted by atomic mass is 15.1. The molecule has 6 nitrogen and oxygen atoms in total. The second kappa shape index (κ2) is 9.24. The molecule has 3 aromatic carbocycles. The van der Waals surface area contributed by atoms with Crippen LogP contribution in [0.2, 0.25) is 0 Å². The fourth-order valence-corrected chi connectivity index (χ4v) is 3.31. The lowest BCUT2D eigenvalue weighted by Crippen LogP contribution is -2.11. The predicted octanol–water partition coefficient (Wildman–Crippen LogP) is 4.98. The number of anilines is 3. The van der Waals surface area contributed by atoms with E-state index in [2.05, 4.69) is 23.6 Å². The smallest absolute Gasteiger partial charge is 0.229 e. The van der Waals surface area contributed by atoms with Crippen molar-refractivity contribution in [2.45, 2.75) is 13.3 Å². The van der Waals surface area contributed by atoms with Crippen molar-refractivity contribution < 1.29 is 0 Å². The van der Waals surface area contributed by atoms with Gasteiger partial charge in [0, 0.05) is 17.6 Å². The summed E-state index contributed by atoms with van der Waals surface area (Å²) in [6, 6.07) is 24.0. The molecule has 0 unspecified atom stereocenters. The van der Waals surface area contributed by atoms with Crippen molar-refractivity contribution in [3.8, 4) is 17.2 Å². The van der Waals surface area contributed by atoms with E-state index in [0.717, 1.165) is 46.5 Å². The Morgan fingerprint density at radius 2 is 1.68 bits per heavy atom. The zero-order chi connectivity index (χ0) is 21.6. The molecule has 0 aliphatic rings. The number of fused-ring (bicyclic) bond motifs is 1. The Hall–Kier alpha value is -3.95. The summed E-state index contributed by atoms with van der Waals surface area (Å²) >= 11 is 0. The largest absolute Gasteiger partial charge is 0.369 e. The third-order valence-electron chi connectivity index (χ3n) is 5.03. The molecule has 4 N–H and O–H groups in total. The Bertz CT molecular complexity index is 1220. The summed E-state index contributed by atoms with van der Waals surface area (Å²) in [5.74, 6) is 1.31. The van der Waals surface area contributed by atoms with Gasteiger partial charge < -0.3 is 16.4 Å². The van der Waals surface area contributed by atoms with Gasteiger partial charge in [-0.05, 0) is 67.4 Å². The third-order valence-corrected chi connectivity index (χ3v) is 5.03. The van der Waals surface area contributed by atoms with Crippen LogP contribution in [0.1, 0.15) is 17.5 Å². The Balaban J connectivity index is 1.74. The van der Waals surface area contributed by atoms with E-state index in [9.17, 15) is 0 Å². The van der Waals surface area contributed by atoms with Gasteiger partial charge in [-0.1, -0.05) is 35.9 Å². The zero-order valence-corrected chi connectivity index (χ0v) is 17.4. The number of rotatable bonds is 7. The molecular weight excluding hydrogens is 384 g/mol. The van der Waals surface area contributed by atoms with Crippen molar-refractivity contribution in [2.24, 2.45) is 5.73 Å². The summed E-state index contributed by atoms with van der Waals surface area (Å²) in [5.41, 5.74) is 11.3. The molecule has 0 bridgehead atoms. The molecule has 0 amide bonds. The maximum Gasteiger partial charge on any atom is 0.229 e. The minimum atomic E-state index is 0.531. The lowest BCUT2D eigenvalue weighted by molar-refractivity contribution is 0.871. The lowest BCUT2D eigenvalue weighted by Gasteiger charge is -2.13. The van der Waals surface area contributed by atoms with Crippen molar-refractivity contribution in [3.05, 3.63) is 77.9 Å². The second-order valence-corrected chi connectivity index (χ2v) is 7.38. The maximum absolute atomic E-state index is 9.04. The molecule has 0 spiro atoms. The van der Waals surface area contributed by atoms with Gasteiger partial charge in [0.05, 0.1) is 17.1 Å². The molecule has 4 rings (SSSR count). The summed E-state index contributed by atoms with van der Waals surface area (Å²) in [4.78, 5) is 9.47. The summed E-state index contributed by atoms with van der Waals surface area (Å²) < 4.78 is 0. The first-order chi connectivity index (χ1) is 15.2. The van der Waals surface area contributed by atoms with Gasteiger partial charge in [0.25, 0.3) is 0 Å². The normalized spacial score (nSPS) is 10.6. The van der Waals surface area contributed by atoms with Crippen LogP contribution in [-0.4, -0.2) is 23.1 Å². The topological polar surface area (TPSA) is 99.6 Å². The number of nitrogens with two attached hydrogens (primary N) is 1. The molecule has 0 fully saturated rings. The molecule has 0 atom stereocenters. The number of nitrogens with zero attached hydrogens (tertiary/aromatic N) is 3. The number of aromatic nitrogens is 2. The average molecular weight is 409 g/mol. The van der Waals surface area contributed by atoms with E-state index < -0.39 is 0 Å². The van der Waals surface area contributed by atoms with Crippen LogP contribution < -0.4 is 16.4 Å². The second-order valence-electron chi connectivity index (χ2n) is 7.38. The SMILES string of the molecule is Cc1ccc(Nc2nc(NCCCN)c3ccc(-c4ccc(C#N)cc4)cc3n2)cc1. The van der Waals surface area contributed by atoms with Crippen LogP contribution in [0.5, 0.6) is 0 Å². The molecule has 0 aliphatic heterocycles. The van der Waals surface area contributed by atoms with Gasteiger partial charge in [0.1, 0.15) is 5.82 Å². The van der Waals surface area contributed by atoms with E-state index >= 15 is 0 Å². The van der Waals surface area contributed by atoms with Gasteiger partial charge in [-0.2, -0.15) is 10.2 Å².